The molecule has 0 amide bonds. The van der Waals surface area contributed by atoms with Crippen LogP contribution >= 0.6 is 23.8 Å². The van der Waals surface area contributed by atoms with Crippen molar-refractivity contribution < 1.29 is 19.2 Å². The number of nitrogens with two attached hydrogens (primary N) is 1. The van der Waals surface area contributed by atoms with E-state index in [1.165, 1.54) is 6.42 Å². The molecule has 0 spiro atoms. The number of hydrogen-bond donors (Lipinski definition) is 4. The van der Waals surface area contributed by atoms with Crippen LogP contribution in [-0.4, -0.2) is 26.6 Å². The smallest absolute Gasteiger partial charge is 0.330 e. The van der Waals surface area contributed by atoms with Crippen molar-refractivity contribution in [3.05, 3.63) is 0 Å². The molecule has 0 radical (unpaired) electrons. The summed E-state index contributed by atoms with van der Waals surface area (Å²) in [5.74, 6) is 0. The first-order chi connectivity index (χ1) is 4.91. The summed E-state index contributed by atoms with van der Waals surface area (Å²) < 4.78 is 8.88. The Labute approximate surface area is 74.0 Å². The maximum absolute atomic E-state index is 8.88. The van der Waals surface area contributed by atoms with Crippen molar-refractivity contribution >= 4 is 23.8 Å². The lowest BCUT2D eigenvalue weighted by atomic mass is 10.3. The highest BCUT2D eigenvalue weighted by Crippen LogP contribution is 2.25. The third kappa shape index (κ3) is 61.2. The lowest BCUT2D eigenvalue weighted by molar-refractivity contribution is 0.275. The third-order valence-corrected chi connectivity index (χ3v) is 1.15. The summed E-state index contributed by atoms with van der Waals surface area (Å²) in [5, 5.41) is 1.09. The van der Waals surface area contributed by atoms with Crippen LogP contribution in [0.1, 0.15) is 12.8 Å². The molecule has 0 atom stereocenters. The molecule has 0 aromatic rings. The number of hydrogen-bond acceptors (Lipinski definition) is 2. The third-order valence-electron chi connectivity index (χ3n) is 0.588. The van der Waals surface area contributed by atoms with Gasteiger partial charge in [-0.05, 0) is 19.4 Å². The molecule has 0 unspecified atom stereocenters. The van der Waals surface area contributed by atoms with Crippen molar-refractivity contribution in [3.63, 3.8) is 0 Å². The molecule has 0 saturated carbocycles. The fourth-order valence-corrected chi connectivity index (χ4v) is 0.635. The summed E-state index contributed by atoms with van der Waals surface area (Å²) in [6.45, 7) is 0.825. The van der Waals surface area contributed by atoms with Gasteiger partial charge in [-0.1, -0.05) is 15.9 Å². The van der Waals surface area contributed by atoms with E-state index in [1.54, 1.807) is 0 Å². The summed E-state index contributed by atoms with van der Waals surface area (Å²) in [6.07, 6.45) is 2.35. The van der Waals surface area contributed by atoms with Crippen LogP contribution < -0.4 is 5.73 Å². The van der Waals surface area contributed by atoms with Crippen LogP contribution in [0.3, 0.4) is 0 Å². The second kappa shape index (κ2) is 8.64. The maximum atomic E-state index is 8.88. The van der Waals surface area contributed by atoms with Crippen molar-refractivity contribution in [2.45, 2.75) is 12.8 Å². The molecule has 0 aliphatic heterocycles. The van der Waals surface area contributed by atoms with Crippen LogP contribution in [0.25, 0.3) is 0 Å². The van der Waals surface area contributed by atoms with Gasteiger partial charge in [-0.15, -0.1) is 0 Å². The minimum absolute atomic E-state index is 0.825. The molecule has 5 nitrogen and oxygen atoms in total. The molecular formula is C4H13BrNO4P. The fraction of sp³-hybridized carbons (Fsp3) is 1.00. The van der Waals surface area contributed by atoms with E-state index in [0.717, 1.165) is 18.3 Å². The van der Waals surface area contributed by atoms with Crippen molar-refractivity contribution in [3.8, 4) is 0 Å². The highest BCUT2D eigenvalue weighted by atomic mass is 79.9. The highest BCUT2D eigenvalue weighted by molar-refractivity contribution is 9.09. The Bertz CT molecular complexity index is 104. The van der Waals surface area contributed by atoms with E-state index in [0.29, 0.717) is 0 Å². The molecule has 0 aromatic heterocycles. The molecule has 11 heavy (non-hydrogen) atoms. The van der Waals surface area contributed by atoms with Gasteiger partial charge in [0.15, 0.2) is 0 Å². The normalized spacial score (nSPS) is 10.3. The molecule has 0 aromatic carbocycles. The Hall–Kier alpha value is 0.550. The average Bonchev–Trinajstić information content (AvgIpc) is 1.79. The molecule has 0 rings (SSSR count). The van der Waals surface area contributed by atoms with Crippen LogP contribution in [-0.2, 0) is 4.57 Å². The van der Waals surface area contributed by atoms with Crippen molar-refractivity contribution in [2.75, 3.05) is 11.9 Å². The SMILES string of the molecule is NCCCCBr.O=P(O)(O)O. The molecule has 7 heteroatoms. The van der Waals surface area contributed by atoms with Gasteiger partial charge in [-0.2, -0.15) is 0 Å². The van der Waals surface area contributed by atoms with Gasteiger partial charge in [0.1, 0.15) is 0 Å². The van der Waals surface area contributed by atoms with Crippen molar-refractivity contribution in [1.29, 1.82) is 0 Å². The predicted octanol–water partition coefficient (Wildman–Crippen LogP) is 0.192. The predicted molar refractivity (Wildman–Crippen MR) is 46.3 cm³/mol. The second-order valence-corrected chi connectivity index (χ2v) is 3.52. The number of unbranched alkanes of at least 4 members (excludes halogenated alkanes) is 1. The van der Waals surface area contributed by atoms with E-state index in [1.807, 2.05) is 0 Å². The Morgan fingerprint density at radius 1 is 1.27 bits per heavy atom. The molecule has 0 aliphatic rings. The Morgan fingerprint density at radius 2 is 1.64 bits per heavy atom. The van der Waals surface area contributed by atoms with Gasteiger partial charge in [-0.3, -0.25) is 0 Å². The standard InChI is InChI=1S/C4H10BrN.H3O4P/c5-3-1-2-4-6;1-5(2,3)4/h1-4,6H2;(H3,1,2,3,4). The zero-order valence-corrected chi connectivity index (χ0v) is 8.46. The van der Waals surface area contributed by atoms with Crippen molar-refractivity contribution in [2.24, 2.45) is 5.73 Å². The summed E-state index contributed by atoms with van der Waals surface area (Å²) >= 11 is 3.29. The van der Waals surface area contributed by atoms with Gasteiger partial charge < -0.3 is 20.4 Å². The summed E-state index contributed by atoms with van der Waals surface area (Å²) in [5.41, 5.74) is 5.19. The highest BCUT2D eigenvalue weighted by Gasteiger charge is 2.00. The summed E-state index contributed by atoms with van der Waals surface area (Å²) in [6, 6.07) is 0. The molecule has 5 N–H and O–H groups in total. The van der Waals surface area contributed by atoms with Gasteiger partial charge in [0, 0.05) is 5.33 Å². The monoisotopic (exact) mass is 249 g/mol. The lowest BCUT2D eigenvalue weighted by Crippen LogP contribution is -1.97. The van der Waals surface area contributed by atoms with E-state index in [4.69, 9.17) is 25.0 Å². The molecular weight excluding hydrogens is 237 g/mol. The largest absolute Gasteiger partial charge is 0.466 e. The van der Waals surface area contributed by atoms with Gasteiger partial charge in [0.05, 0.1) is 0 Å². The first-order valence-electron chi connectivity index (χ1n) is 2.96. The van der Waals surface area contributed by atoms with Gasteiger partial charge in [0.25, 0.3) is 0 Å². The summed E-state index contributed by atoms with van der Waals surface area (Å²) in [7, 11) is -4.64. The van der Waals surface area contributed by atoms with Crippen LogP contribution in [0.2, 0.25) is 0 Å². The lowest BCUT2D eigenvalue weighted by Gasteiger charge is -1.85. The average molecular weight is 250 g/mol. The Kier molecular flexibility index (Phi) is 11.1. The first-order valence-corrected chi connectivity index (χ1v) is 5.64. The number of phosphoric acid groups is 1. The molecule has 0 aliphatic carbocycles. The van der Waals surface area contributed by atoms with E-state index in [-0.39, 0.29) is 0 Å². The molecule has 0 fully saturated rings. The fourth-order valence-electron chi connectivity index (χ4n) is 0.239. The Morgan fingerprint density at radius 3 is 1.73 bits per heavy atom. The van der Waals surface area contributed by atoms with E-state index in [9.17, 15) is 0 Å². The van der Waals surface area contributed by atoms with Crippen LogP contribution in [0, 0.1) is 0 Å². The first kappa shape index (κ1) is 14.1. The maximum Gasteiger partial charge on any atom is 0.466 e. The van der Waals surface area contributed by atoms with Gasteiger partial charge in [0.2, 0.25) is 0 Å². The van der Waals surface area contributed by atoms with Gasteiger partial charge >= 0.3 is 7.82 Å². The molecule has 0 saturated heterocycles. The topological polar surface area (TPSA) is 104 Å². The van der Waals surface area contributed by atoms with E-state index >= 15 is 0 Å². The Balaban J connectivity index is 0. The molecule has 0 heterocycles. The van der Waals surface area contributed by atoms with Crippen molar-refractivity contribution in [1.82, 2.24) is 0 Å². The van der Waals surface area contributed by atoms with E-state index < -0.39 is 7.82 Å². The second-order valence-electron chi connectivity index (χ2n) is 1.70. The van der Waals surface area contributed by atoms with Gasteiger partial charge in [-0.25, -0.2) is 4.57 Å². The van der Waals surface area contributed by atoms with Crippen LogP contribution in [0.5, 0.6) is 0 Å². The zero-order chi connectivity index (χ0) is 9.33. The van der Waals surface area contributed by atoms with Crippen LogP contribution in [0.4, 0.5) is 0 Å². The quantitative estimate of drug-likeness (QED) is 0.325. The zero-order valence-electron chi connectivity index (χ0n) is 5.98. The minimum Gasteiger partial charge on any atom is -0.330 e. The number of halogens is 1. The minimum atomic E-state index is -4.64. The van der Waals surface area contributed by atoms with Crippen LogP contribution in [0.15, 0.2) is 0 Å². The number of alkyl halides is 1. The number of rotatable bonds is 3. The molecule has 0 bridgehead atoms. The van der Waals surface area contributed by atoms with E-state index in [2.05, 4.69) is 15.9 Å². The summed E-state index contributed by atoms with van der Waals surface area (Å²) in [4.78, 5) is 21.6. The molecule has 70 valence electrons.